The molecule has 1 aromatic carbocycles. The molecular weight excluding hydrogens is 338 g/mol. The molecular formula is C23H33NO3. The first-order valence-electron chi connectivity index (χ1n) is 10.3. The molecule has 1 heterocycles. The highest BCUT2D eigenvalue weighted by molar-refractivity contribution is 5.81. The van der Waals surface area contributed by atoms with Gasteiger partial charge in [-0.05, 0) is 45.1 Å². The van der Waals surface area contributed by atoms with Gasteiger partial charge in [0.05, 0.1) is 0 Å². The lowest BCUT2D eigenvalue weighted by molar-refractivity contribution is -0.178. The molecule has 1 N–H and O–H groups in total. The van der Waals surface area contributed by atoms with E-state index in [0.717, 1.165) is 58.2 Å². The zero-order valence-electron chi connectivity index (χ0n) is 16.7. The fraction of sp³-hybridized carbons (Fsp3) is 0.609. The number of benzene rings is 1. The van der Waals surface area contributed by atoms with Crippen LogP contribution in [0.3, 0.4) is 0 Å². The molecule has 148 valence electrons. The highest BCUT2D eigenvalue weighted by Gasteiger charge is 2.48. The molecule has 4 nitrogen and oxygen atoms in total. The van der Waals surface area contributed by atoms with E-state index in [1.807, 2.05) is 30.3 Å². The third-order valence-corrected chi connectivity index (χ3v) is 5.97. The first kappa shape index (κ1) is 20.1. The number of nitrogens with zero attached hydrogens (tertiary/aromatic N) is 1. The summed E-state index contributed by atoms with van der Waals surface area (Å²) in [5, 5.41) is 11.5. The SMILES string of the molecule is CC(C)=CCCN1CC[C@H](OC(=O)C(O)(c2ccccc2)C2CCCC2)C1. The Morgan fingerprint density at radius 2 is 1.93 bits per heavy atom. The minimum Gasteiger partial charge on any atom is -0.459 e. The van der Waals surface area contributed by atoms with Crippen molar-refractivity contribution in [2.24, 2.45) is 5.92 Å². The van der Waals surface area contributed by atoms with Crippen molar-refractivity contribution in [2.45, 2.75) is 64.1 Å². The van der Waals surface area contributed by atoms with E-state index >= 15 is 0 Å². The zero-order valence-corrected chi connectivity index (χ0v) is 16.7. The Labute approximate surface area is 163 Å². The first-order chi connectivity index (χ1) is 13.0. The molecule has 1 aliphatic carbocycles. The van der Waals surface area contributed by atoms with Crippen LogP contribution in [0.5, 0.6) is 0 Å². The van der Waals surface area contributed by atoms with Crippen molar-refractivity contribution in [3.05, 3.63) is 47.5 Å². The number of aliphatic hydroxyl groups is 1. The van der Waals surface area contributed by atoms with Gasteiger partial charge in [-0.25, -0.2) is 4.79 Å². The molecule has 2 fully saturated rings. The molecule has 0 spiro atoms. The molecule has 4 heteroatoms. The van der Waals surface area contributed by atoms with Gasteiger partial charge in [-0.1, -0.05) is 54.8 Å². The van der Waals surface area contributed by atoms with Crippen LogP contribution >= 0.6 is 0 Å². The molecule has 2 aliphatic rings. The van der Waals surface area contributed by atoms with Crippen LogP contribution in [0, 0.1) is 5.92 Å². The van der Waals surface area contributed by atoms with Gasteiger partial charge in [0.1, 0.15) is 6.10 Å². The zero-order chi connectivity index (χ0) is 19.3. The Hall–Kier alpha value is -1.65. The van der Waals surface area contributed by atoms with Gasteiger partial charge in [0, 0.05) is 25.6 Å². The number of carbonyl (C=O) groups excluding carboxylic acids is 1. The van der Waals surface area contributed by atoms with Crippen LogP contribution < -0.4 is 0 Å². The van der Waals surface area contributed by atoms with Gasteiger partial charge in [0.2, 0.25) is 0 Å². The van der Waals surface area contributed by atoms with Crippen molar-refractivity contribution in [3.63, 3.8) is 0 Å². The van der Waals surface area contributed by atoms with Crippen molar-refractivity contribution in [1.82, 2.24) is 4.90 Å². The van der Waals surface area contributed by atoms with Crippen LogP contribution in [0.25, 0.3) is 0 Å². The Bertz CT molecular complexity index is 647. The molecule has 0 bridgehead atoms. The van der Waals surface area contributed by atoms with E-state index < -0.39 is 11.6 Å². The number of hydrogen-bond donors (Lipinski definition) is 1. The lowest BCUT2D eigenvalue weighted by Gasteiger charge is -2.33. The number of esters is 1. The van der Waals surface area contributed by atoms with Gasteiger partial charge in [-0.3, -0.25) is 4.90 Å². The van der Waals surface area contributed by atoms with E-state index in [2.05, 4.69) is 24.8 Å². The van der Waals surface area contributed by atoms with Gasteiger partial charge in [-0.15, -0.1) is 0 Å². The Morgan fingerprint density at radius 1 is 1.22 bits per heavy atom. The fourth-order valence-electron chi connectivity index (χ4n) is 4.43. The minimum absolute atomic E-state index is 0.0532. The maximum atomic E-state index is 13.1. The Morgan fingerprint density at radius 3 is 2.59 bits per heavy atom. The molecule has 1 aliphatic heterocycles. The monoisotopic (exact) mass is 371 g/mol. The minimum atomic E-state index is -1.52. The summed E-state index contributed by atoms with van der Waals surface area (Å²) in [6.07, 6.45) is 7.87. The number of hydrogen-bond acceptors (Lipinski definition) is 4. The van der Waals surface area contributed by atoms with Crippen molar-refractivity contribution < 1.29 is 14.6 Å². The van der Waals surface area contributed by atoms with Crippen molar-refractivity contribution in [3.8, 4) is 0 Å². The molecule has 1 aromatic rings. The molecule has 0 amide bonds. The quantitative estimate of drug-likeness (QED) is 0.580. The predicted octanol–water partition coefficient (Wildman–Crippen LogP) is 4.04. The lowest BCUT2D eigenvalue weighted by Crippen LogP contribution is -2.45. The second kappa shape index (κ2) is 9.03. The van der Waals surface area contributed by atoms with Gasteiger partial charge in [0.15, 0.2) is 5.60 Å². The Kier molecular flexibility index (Phi) is 6.72. The normalized spacial score (nSPS) is 23.1. The van der Waals surface area contributed by atoms with E-state index in [1.54, 1.807) is 0 Å². The lowest BCUT2D eigenvalue weighted by atomic mass is 9.80. The van der Waals surface area contributed by atoms with Crippen molar-refractivity contribution in [1.29, 1.82) is 0 Å². The van der Waals surface area contributed by atoms with E-state index in [9.17, 15) is 9.90 Å². The van der Waals surface area contributed by atoms with Crippen molar-refractivity contribution >= 4 is 5.97 Å². The standard InChI is InChI=1S/C23H33NO3/c1-18(2)9-8-15-24-16-14-21(17-24)27-22(25)23(26,20-12-6-7-13-20)19-10-4-3-5-11-19/h3-5,9-11,20-21,26H,6-8,12-17H2,1-2H3/t21-,23?/m0/s1. The third kappa shape index (κ3) is 4.80. The molecule has 3 rings (SSSR count). The first-order valence-corrected chi connectivity index (χ1v) is 10.3. The average Bonchev–Trinajstić information content (AvgIpc) is 3.34. The largest absolute Gasteiger partial charge is 0.459 e. The topological polar surface area (TPSA) is 49.8 Å². The van der Waals surface area contributed by atoms with Gasteiger partial charge in [-0.2, -0.15) is 0 Å². The second-order valence-corrected chi connectivity index (χ2v) is 8.30. The maximum absolute atomic E-state index is 13.1. The Balaban J connectivity index is 1.64. The number of rotatable bonds is 7. The highest BCUT2D eigenvalue weighted by Crippen LogP contribution is 2.41. The van der Waals surface area contributed by atoms with Crippen LogP contribution in [-0.2, 0) is 15.1 Å². The molecule has 27 heavy (non-hydrogen) atoms. The summed E-state index contributed by atoms with van der Waals surface area (Å²) >= 11 is 0. The summed E-state index contributed by atoms with van der Waals surface area (Å²) in [6.45, 7) is 6.93. The third-order valence-electron chi connectivity index (χ3n) is 5.97. The average molecular weight is 372 g/mol. The van der Waals surface area contributed by atoms with Crippen LogP contribution in [0.1, 0.15) is 57.9 Å². The number of ether oxygens (including phenoxy) is 1. The molecule has 1 saturated heterocycles. The maximum Gasteiger partial charge on any atom is 0.343 e. The van der Waals surface area contributed by atoms with Crippen molar-refractivity contribution in [2.75, 3.05) is 19.6 Å². The van der Waals surface area contributed by atoms with Crippen LogP contribution in [-0.4, -0.2) is 41.7 Å². The summed E-state index contributed by atoms with van der Waals surface area (Å²) in [7, 11) is 0. The number of carbonyl (C=O) groups is 1. The van der Waals surface area contributed by atoms with Gasteiger partial charge < -0.3 is 9.84 Å². The summed E-state index contributed by atoms with van der Waals surface area (Å²) in [5.41, 5.74) is 0.481. The molecule has 2 atom stereocenters. The fourth-order valence-corrected chi connectivity index (χ4v) is 4.43. The summed E-state index contributed by atoms with van der Waals surface area (Å²) < 4.78 is 5.85. The second-order valence-electron chi connectivity index (χ2n) is 8.30. The van der Waals surface area contributed by atoms with E-state index in [1.165, 1.54) is 5.57 Å². The van der Waals surface area contributed by atoms with Gasteiger partial charge >= 0.3 is 5.97 Å². The highest BCUT2D eigenvalue weighted by atomic mass is 16.6. The number of allylic oxidation sites excluding steroid dienone is 1. The van der Waals surface area contributed by atoms with Crippen LogP contribution in [0.4, 0.5) is 0 Å². The number of likely N-dealkylation sites (tertiary alicyclic amines) is 1. The summed E-state index contributed by atoms with van der Waals surface area (Å²) in [6, 6.07) is 9.36. The summed E-state index contributed by atoms with van der Waals surface area (Å²) in [4.78, 5) is 15.5. The van der Waals surface area contributed by atoms with Crippen LogP contribution in [0.2, 0.25) is 0 Å². The molecule has 1 unspecified atom stereocenters. The smallest absolute Gasteiger partial charge is 0.343 e. The predicted molar refractivity (Wildman–Crippen MR) is 107 cm³/mol. The van der Waals surface area contributed by atoms with Crippen LogP contribution in [0.15, 0.2) is 42.0 Å². The van der Waals surface area contributed by atoms with E-state index in [-0.39, 0.29) is 12.0 Å². The molecule has 1 saturated carbocycles. The molecule has 0 radical (unpaired) electrons. The van der Waals surface area contributed by atoms with E-state index in [0.29, 0.717) is 5.56 Å². The van der Waals surface area contributed by atoms with E-state index in [4.69, 9.17) is 4.74 Å². The van der Waals surface area contributed by atoms with Gasteiger partial charge in [0.25, 0.3) is 0 Å². The molecule has 0 aromatic heterocycles. The summed E-state index contributed by atoms with van der Waals surface area (Å²) in [5.74, 6) is -0.515.